The van der Waals surface area contributed by atoms with E-state index in [2.05, 4.69) is 10.0 Å². The van der Waals surface area contributed by atoms with E-state index in [1.54, 1.807) is 39.0 Å². The zero-order chi connectivity index (χ0) is 24.2. The normalized spacial score (nSPS) is 14.2. The zero-order valence-corrected chi connectivity index (χ0v) is 20.3. The summed E-state index contributed by atoms with van der Waals surface area (Å²) in [7, 11) is -2.53. The van der Waals surface area contributed by atoms with Gasteiger partial charge in [-0.3, -0.25) is 9.59 Å². The number of nitrogens with zero attached hydrogens (tertiary/aromatic N) is 1. The van der Waals surface area contributed by atoms with Gasteiger partial charge >= 0.3 is 0 Å². The fourth-order valence-corrected chi connectivity index (χ4v) is 5.30. The highest BCUT2D eigenvalue weighted by Gasteiger charge is 2.26. The lowest BCUT2D eigenvalue weighted by Gasteiger charge is -2.21. The summed E-state index contributed by atoms with van der Waals surface area (Å²) < 4.78 is 33.4. The molecule has 2 aromatic rings. The number of hydrogen-bond acceptors (Lipinski definition) is 5. The summed E-state index contributed by atoms with van der Waals surface area (Å²) in [6.45, 7) is 6.94. The minimum absolute atomic E-state index is 0.00275. The van der Waals surface area contributed by atoms with Gasteiger partial charge in [0.1, 0.15) is 10.6 Å². The maximum absolute atomic E-state index is 12.8. The standard InChI is InChI=1S/C24H31N3O5S/c1-24(2,3)26-33(30,31)21-15-18(10-11-20(21)32-4)22(28)25-16-17-8-7-9-19(14-17)23(29)27-12-5-6-13-27/h7-11,14-15,26H,5-6,12-13,16H2,1-4H3,(H,25,28). The summed E-state index contributed by atoms with van der Waals surface area (Å²) in [4.78, 5) is 27.1. The average molecular weight is 474 g/mol. The van der Waals surface area contributed by atoms with Gasteiger partial charge in [-0.1, -0.05) is 12.1 Å². The Morgan fingerprint density at radius 2 is 1.73 bits per heavy atom. The van der Waals surface area contributed by atoms with Crippen LogP contribution in [0.15, 0.2) is 47.4 Å². The van der Waals surface area contributed by atoms with E-state index in [0.29, 0.717) is 5.56 Å². The molecule has 0 saturated carbocycles. The van der Waals surface area contributed by atoms with Gasteiger partial charge in [0.05, 0.1) is 7.11 Å². The van der Waals surface area contributed by atoms with Crippen LogP contribution in [0.25, 0.3) is 0 Å². The molecule has 1 aliphatic rings. The summed E-state index contributed by atoms with van der Waals surface area (Å²) in [6.07, 6.45) is 2.04. The molecule has 0 bridgehead atoms. The van der Waals surface area contributed by atoms with Crippen molar-refractivity contribution >= 4 is 21.8 Å². The van der Waals surface area contributed by atoms with Crippen LogP contribution in [-0.2, 0) is 16.6 Å². The molecule has 0 aromatic heterocycles. The lowest BCUT2D eigenvalue weighted by molar-refractivity contribution is 0.0792. The second-order valence-electron chi connectivity index (χ2n) is 9.10. The second kappa shape index (κ2) is 9.93. The number of benzene rings is 2. The maximum Gasteiger partial charge on any atom is 0.253 e. The molecule has 1 fully saturated rings. The first-order valence-corrected chi connectivity index (χ1v) is 12.4. The molecule has 0 atom stereocenters. The van der Waals surface area contributed by atoms with E-state index in [9.17, 15) is 18.0 Å². The lowest BCUT2D eigenvalue weighted by atomic mass is 10.1. The Labute approximate surface area is 195 Å². The van der Waals surface area contributed by atoms with E-state index in [-0.39, 0.29) is 28.7 Å². The highest BCUT2D eigenvalue weighted by atomic mass is 32.2. The molecule has 0 aliphatic carbocycles. The summed E-state index contributed by atoms with van der Waals surface area (Å²) in [5.74, 6) is -0.283. The topological polar surface area (TPSA) is 105 Å². The number of sulfonamides is 1. The number of rotatable bonds is 7. The fraction of sp³-hybridized carbons (Fsp3) is 0.417. The van der Waals surface area contributed by atoms with Gasteiger partial charge in [0.25, 0.3) is 11.8 Å². The van der Waals surface area contributed by atoms with Crippen molar-refractivity contribution in [3.63, 3.8) is 0 Å². The summed E-state index contributed by atoms with van der Waals surface area (Å²) >= 11 is 0. The van der Waals surface area contributed by atoms with Crippen LogP contribution in [-0.4, -0.2) is 50.9 Å². The van der Waals surface area contributed by atoms with Crippen molar-refractivity contribution in [1.29, 1.82) is 0 Å². The Kier molecular flexibility index (Phi) is 7.44. The first kappa shape index (κ1) is 24.7. The van der Waals surface area contributed by atoms with Crippen LogP contribution in [0, 0.1) is 0 Å². The van der Waals surface area contributed by atoms with Crippen LogP contribution in [0.4, 0.5) is 0 Å². The third kappa shape index (κ3) is 6.33. The van der Waals surface area contributed by atoms with Gasteiger partial charge in [0, 0.05) is 36.3 Å². The van der Waals surface area contributed by atoms with Crippen LogP contribution < -0.4 is 14.8 Å². The van der Waals surface area contributed by atoms with Crippen molar-refractivity contribution in [3.8, 4) is 5.75 Å². The van der Waals surface area contributed by atoms with Crippen molar-refractivity contribution < 1.29 is 22.7 Å². The molecule has 1 saturated heterocycles. The number of nitrogens with one attached hydrogen (secondary N) is 2. The number of methoxy groups -OCH3 is 1. The molecule has 33 heavy (non-hydrogen) atoms. The van der Waals surface area contributed by atoms with Crippen molar-refractivity contribution in [1.82, 2.24) is 14.9 Å². The SMILES string of the molecule is COc1ccc(C(=O)NCc2cccc(C(=O)N3CCCC3)c2)cc1S(=O)(=O)NC(C)(C)C. The van der Waals surface area contributed by atoms with Crippen LogP contribution in [0.1, 0.15) is 59.9 Å². The smallest absolute Gasteiger partial charge is 0.253 e. The van der Waals surface area contributed by atoms with Crippen molar-refractivity contribution in [2.75, 3.05) is 20.2 Å². The summed E-state index contributed by atoms with van der Waals surface area (Å²) in [5.41, 5.74) is 0.868. The van der Waals surface area contributed by atoms with E-state index >= 15 is 0 Å². The van der Waals surface area contributed by atoms with Crippen LogP contribution in [0.3, 0.4) is 0 Å². The Morgan fingerprint density at radius 1 is 1.03 bits per heavy atom. The van der Waals surface area contributed by atoms with Gasteiger partial charge in [-0.15, -0.1) is 0 Å². The molecule has 2 amide bonds. The van der Waals surface area contributed by atoms with Crippen molar-refractivity contribution in [2.24, 2.45) is 0 Å². The largest absolute Gasteiger partial charge is 0.495 e. The summed E-state index contributed by atoms with van der Waals surface area (Å²) in [5, 5.41) is 2.80. The fourth-order valence-electron chi connectivity index (χ4n) is 3.69. The molecule has 0 spiro atoms. The third-order valence-electron chi connectivity index (χ3n) is 5.18. The minimum atomic E-state index is -3.90. The Morgan fingerprint density at radius 3 is 2.36 bits per heavy atom. The Balaban J connectivity index is 1.74. The number of likely N-dealkylation sites (tertiary alicyclic amines) is 1. The molecule has 1 heterocycles. The maximum atomic E-state index is 12.8. The molecule has 3 rings (SSSR count). The van der Waals surface area contributed by atoms with Gasteiger partial charge in [-0.05, 0) is 69.5 Å². The van der Waals surface area contributed by atoms with Crippen LogP contribution in [0.5, 0.6) is 5.75 Å². The number of carbonyl (C=O) groups excluding carboxylic acids is 2. The van der Waals surface area contributed by atoms with Crippen LogP contribution in [0.2, 0.25) is 0 Å². The lowest BCUT2D eigenvalue weighted by Crippen LogP contribution is -2.40. The number of carbonyl (C=O) groups is 2. The first-order chi connectivity index (χ1) is 15.5. The quantitative estimate of drug-likeness (QED) is 0.643. The highest BCUT2D eigenvalue weighted by Crippen LogP contribution is 2.26. The molecular weight excluding hydrogens is 442 g/mol. The van der Waals surface area contributed by atoms with Crippen molar-refractivity contribution in [3.05, 3.63) is 59.2 Å². The van der Waals surface area contributed by atoms with Crippen molar-refractivity contribution in [2.45, 2.75) is 50.6 Å². The van der Waals surface area contributed by atoms with E-state index in [4.69, 9.17) is 4.74 Å². The van der Waals surface area contributed by atoms with E-state index < -0.39 is 21.5 Å². The molecule has 1 aliphatic heterocycles. The van der Waals surface area contributed by atoms with E-state index in [1.165, 1.54) is 25.3 Å². The number of amides is 2. The van der Waals surface area contributed by atoms with Gasteiger partial charge in [0.2, 0.25) is 10.0 Å². The molecule has 0 radical (unpaired) electrons. The minimum Gasteiger partial charge on any atom is -0.495 e. The van der Waals surface area contributed by atoms with E-state index in [1.807, 2.05) is 11.0 Å². The number of hydrogen-bond donors (Lipinski definition) is 2. The van der Waals surface area contributed by atoms with Gasteiger partial charge < -0.3 is 15.0 Å². The van der Waals surface area contributed by atoms with Gasteiger partial charge in [-0.2, -0.15) is 0 Å². The van der Waals surface area contributed by atoms with Gasteiger partial charge in [0.15, 0.2) is 0 Å². The van der Waals surface area contributed by atoms with E-state index in [0.717, 1.165) is 31.5 Å². The molecule has 2 N–H and O–H groups in total. The second-order valence-corrected chi connectivity index (χ2v) is 10.8. The predicted molar refractivity (Wildman–Crippen MR) is 126 cm³/mol. The first-order valence-electron chi connectivity index (χ1n) is 10.9. The monoisotopic (exact) mass is 473 g/mol. The average Bonchev–Trinajstić information content (AvgIpc) is 3.30. The number of ether oxygens (including phenoxy) is 1. The molecule has 0 unspecified atom stereocenters. The summed E-state index contributed by atoms with van der Waals surface area (Å²) in [6, 6.07) is 11.4. The predicted octanol–water partition coefficient (Wildman–Crippen LogP) is 2.94. The Bertz CT molecular complexity index is 1130. The molecule has 2 aromatic carbocycles. The third-order valence-corrected chi connectivity index (χ3v) is 6.96. The molecule has 9 heteroatoms. The highest BCUT2D eigenvalue weighted by molar-refractivity contribution is 7.89. The van der Waals surface area contributed by atoms with Crippen LogP contribution >= 0.6 is 0 Å². The van der Waals surface area contributed by atoms with Gasteiger partial charge in [-0.25, -0.2) is 13.1 Å². The zero-order valence-electron chi connectivity index (χ0n) is 19.5. The molecule has 8 nitrogen and oxygen atoms in total. The molecule has 178 valence electrons. The Hall–Kier alpha value is -2.91. The molecular formula is C24H31N3O5S.